The molecule has 5 saturated heterocycles. The fraction of sp³-hybridized carbons (Fsp3) is 0.588. The van der Waals surface area contributed by atoms with Crippen molar-refractivity contribution in [2.75, 3.05) is 93.8 Å². The number of amides is 5. The molecule has 2 radical (unpaired) electrons. The normalized spacial score (nSPS) is 38.4. The van der Waals surface area contributed by atoms with Crippen LogP contribution in [0, 0.1) is 17.3 Å². The third-order valence-electron chi connectivity index (χ3n) is 41.6. The molecule has 5 aromatic carbocycles. The fourth-order valence-corrected chi connectivity index (χ4v) is 34.9. The molecule has 23 aliphatic rings. The van der Waals surface area contributed by atoms with E-state index >= 15 is 0 Å². The average Bonchev–Trinajstić information content (AvgIpc) is 1.49. The maximum absolute atomic E-state index is 13.0. The zero-order chi connectivity index (χ0) is 102. The van der Waals surface area contributed by atoms with Crippen LogP contribution in [0.4, 0.5) is 0 Å². The number of primary amides is 5. The molecule has 146 heavy (non-hydrogen) atoms. The van der Waals surface area contributed by atoms with Crippen molar-refractivity contribution in [3.63, 3.8) is 0 Å². The summed E-state index contributed by atoms with van der Waals surface area (Å²) in [6.07, 6.45) is 21.4. The Morgan fingerprint density at radius 3 is 1.16 bits per heavy atom. The van der Waals surface area contributed by atoms with E-state index in [0.717, 1.165) is 145 Å². The van der Waals surface area contributed by atoms with E-state index in [-0.39, 0.29) is 148 Å². The van der Waals surface area contributed by atoms with Crippen LogP contribution in [0.25, 0.3) is 0 Å². The van der Waals surface area contributed by atoms with Gasteiger partial charge in [-0.25, -0.2) is 0 Å². The molecule has 5 aromatic rings. The van der Waals surface area contributed by atoms with E-state index in [1.54, 1.807) is 24.3 Å². The predicted octanol–water partition coefficient (Wildman–Crippen LogP) is 8.06. The molecular formula is C114H140N10O20Y2+2. The van der Waals surface area contributed by atoms with Gasteiger partial charge in [-0.05, 0) is 221 Å². The number of carbonyl (C=O) groups is 9. The minimum absolute atomic E-state index is 0. The number of piperidine rings is 5. The second kappa shape index (κ2) is 35.2. The van der Waals surface area contributed by atoms with Crippen LogP contribution in [0.5, 0.6) is 28.7 Å². The Bertz CT molecular complexity index is 6570. The second-order valence-electron chi connectivity index (χ2n) is 48.2. The number of hydrogen-bond donors (Lipinski definition) is 9. The van der Waals surface area contributed by atoms with Crippen molar-refractivity contribution in [3.8, 4) is 28.7 Å². The van der Waals surface area contributed by atoms with Crippen LogP contribution in [0.1, 0.15) is 265 Å². The molecule has 13 fully saturated rings. The summed E-state index contributed by atoms with van der Waals surface area (Å²) in [5, 5.41) is 48.4. The smallest absolute Gasteiger partial charge is 0.252 e. The number of likely N-dealkylation sites (N-methyl/N-ethyl adjacent to an activating group) is 2. The van der Waals surface area contributed by atoms with Crippen molar-refractivity contribution in [1.29, 1.82) is 0 Å². The van der Waals surface area contributed by atoms with Crippen LogP contribution in [-0.4, -0.2) is 285 Å². The number of benzene rings is 5. The van der Waals surface area contributed by atoms with E-state index in [2.05, 4.69) is 102 Å². The van der Waals surface area contributed by atoms with E-state index in [9.17, 15) is 63.6 Å². The molecule has 28 rings (SSSR count). The van der Waals surface area contributed by atoms with Crippen molar-refractivity contribution in [2.45, 2.75) is 311 Å². The summed E-state index contributed by atoms with van der Waals surface area (Å²) in [5.41, 5.74) is 34.7. The van der Waals surface area contributed by atoms with Gasteiger partial charge in [0.15, 0.2) is 47.5 Å². The Balaban J connectivity index is 0.000000107. The standard InChI is InChI=1S/C28H38N2O4.C23H28N2O4.C22H26N2O4.C21H24N2O4.C20H22N2O4.2Y/c1-25(2,32-3)19-14-26-9-10-28(19,33-4)24-27(26)11-12-30(15-16-5-6-16)20(26)13-17-7-8-18(23(29)31)22(34-24)21(17)27;1-13(2)7-10-25(3)11-9-22-18-14-4-5-15(21(24)27)19(18)29-20(22)16(26)6-8-23(22,28)17(25)12-14;1-12(2)6-9-24-10-8-21-17-13-3-4-14(20(23)26)18(17)28-19(21)15(25)5-7-22(21,27)16(24)11-13;1-3-9-23(2)10-8-20-16-12-4-5-13(19(22)25)17(16)27-18(20)14(24)6-7-21(20,26)15(23)11-12;1-2-8-22-9-7-19-15-11-3-4-12(18(21)24)16(15)26-17(19)13(23)5-6-20(19,25)14(22)10-11;;/h7-8,16,19-20,24H,5-6,9-15H2,1-4H3,(H2,29,31);4-5,7,17,20,28H,6,8-12H2,1-3H3,(H-,24,27);3-4,6,16,19,27H,5,7-11H2,1-2H3,(H2,23,26);3-5,15,18,26H,1,6-11H2,2H3,(H-,22,25);2-4,14,17,25H,1,5-10H2,(H2,21,24);;/p+2. The zero-order valence-electron chi connectivity index (χ0n) is 85.9. The van der Waals surface area contributed by atoms with Gasteiger partial charge in [0.2, 0.25) is 0 Å². The van der Waals surface area contributed by atoms with Crippen LogP contribution in [0.3, 0.4) is 0 Å². The molecule has 14 N–H and O–H groups in total. The summed E-state index contributed by atoms with van der Waals surface area (Å²) in [5.74, 6) is 0.942. The molecule has 30 nitrogen and oxygen atoms in total. The number of carbonyl (C=O) groups excluding carboxylic acids is 9. The van der Waals surface area contributed by atoms with Crippen molar-refractivity contribution >= 4 is 52.7 Å². The van der Waals surface area contributed by atoms with Gasteiger partial charge < -0.3 is 91.2 Å². The van der Waals surface area contributed by atoms with E-state index in [1.165, 1.54) is 41.7 Å². The van der Waals surface area contributed by atoms with Gasteiger partial charge in [0.1, 0.15) is 63.7 Å². The number of allylic oxidation sites excluding steroid dienone is 2. The molecule has 770 valence electrons. The first-order valence-corrected chi connectivity index (χ1v) is 52.5. The van der Waals surface area contributed by atoms with Crippen LogP contribution in [0.2, 0.25) is 0 Å². The Labute approximate surface area is 903 Å². The van der Waals surface area contributed by atoms with Gasteiger partial charge in [0.05, 0.1) is 107 Å². The number of likely N-dealkylation sites (tertiary alicyclic amines) is 5. The number of Topliss-reactive ketones (excluding diaryl/α,β-unsaturated/α-hetero) is 4. The van der Waals surface area contributed by atoms with Gasteiger partial charge in [-0.3, -0.25) is 57.9 Å². The van der Waals surface area contributed by atoms with Crippen molar-refractivity contribution in [1.82, 2.24) is 14.7 Å². The zero-order valence-corrected chi connectivity index (χ0v) is 91.5. The van der Waals surface area contributed by atoms with E-state index in [1.807, 2.05) is 56.7 Å². The van der Waals surface area contributed by atoms with E-state index in [4.69, 9.17) is 61.8 Å². The van der Waals surface area contributed by atoms with Crippen molar-refractivity contribution in [3.05, 3.63) is 193 Å². The number of nitrogens with two attached hydrogens (primary N) is 5. The minimum atomic E-state index is -1.05. The number of methoxy groups -OCH3 is 2. The number of hydrogen-bond acceptors (Lipinski definition) is 23. The number of fused-ring (bicyclic) bond motifs is 2. The Hall–Kier alpha value is -8.14. The molecule has 10 heterocycles. The van der Waals surface area contributed by atoms with Crippen LogP contribution < -0.4 is 52.4 Å². The summed E-state index contributed by atoms with van der Waals surface area (Å²) in [7, 11) is 8.08. The maximum Gasteiger partial charge on any atom is 0.252 e. The maximum atomic E-state index is 13.0. The summed E-state index contributed by atoms with van der Waals surface area (Å²) >= 11 is 0. The number of ether oxygens (including phenoxy) is 7. The largest absolute Gasteiger partial charge is 0.485 e. The topological polar surface area (TPSA) is 439 Å². The Morgan fingerprint density at radius 2 is 0.788 bits per heavy atom. The summed E-state index contributed by atoms with van der Waals surface area (Å²) in [6.45, 7) is 29.2. The quantitative estimate of drug-likeness (QED) is 0.0296. The molecular weight excluding hydrogens is 2010 g/mol. The monoisotopic (exact) mass is 2150 g/mol. The van der Waals surface area contributed by atoms with Gasteiger partial charge in [0, 0.05) is 226 Å². The number of ketones is 4. The molecule has 24 atom stereocenters. The van der Waals surface area contributed by atoms with Gasteiger partial charge in [-0.2, -0.15) is 0 Å². The number of rotatable bonds is 18. The van der Waals surface area contributed by atoms with Crippen LogP contribution in [0.15, 0.2) is 109 Å². The van der Waals surface area contributed by atoms with Crippen LogP contribution in [-0.2, 0) is 153 Å². The molecule has 6 spiro atoms. The third-order valence-corrected chi connectivity index (χ3v) is 41.6. The second-order valence-corrected chi connectivity index (χ2v) is 48.2. The van der Waals surface area contributed by atoms with Crippen molar-refractivity contribution in [2.24, 2.45) is 45.9 Å². The Morgan fingerprint density at radius 1 is 0.438 bits per heavy atom. The van der Waals surface area contributed by atoms with Gasteiger partial charge in [-0.15, -0.1) is 6.58 Å². The first kappa shape index (κ1) is 104. The third kappa shape index (κ3) is 13.4. The molecule has 12 bridgehead atoms. The van der Waals surface area contributed by atoms with Gasteiger partial charge in [-0.1, -0.05) is 60.2 Å². The SMILES string of the molecule is C=CCN1CCC23c4c5ccc(C(N)=O)c4OC2C(=O)CCC3(O)C1C5.C=CC[N+]1(C)CCC23c4c5ccc(C(N)=O)c4OC2C(=O)CCC3(O)C1C5.CC(C)=CCN1CCC23c4c5ccc(C(N)=O)c4OC2C(=O)CCC3(O)C1C5.CC(C)=CC[N+]1(C)CCC23c4c5ccc(C(N)=O)c4OC2C(=O)CCC3(O)C1C5.COC(C)(C)C1CC23CCC1(OC)C1Oc4c(C(N)=O)ccc5c4C12CCN(CC1CC1)C3C5.[Y].[Y]. The number of quaternary nitrogens is 2. The molecule has 13 aliphatic carbocycles. The molecule has 24 unspecified atom stereocenters. The molecule has 0 aromatic heterocycles. The summed E-state index contributed by atoms with van der Waals surface area (Å²) in [4.78, 5) is 119. The minimum Gasteiger partial charge on any atom is -0.485 e. The fourth-order valence-electron chi connectivity index (χ4n) is 34.9. The van der Waals surface area contributed by atoms with Gasteiger partial charge >= 0.3 is 0 Å². The Kier molecular flexibility index (Phi) is 25.0. The van der Waals surface area contributed by atoms with E-state index in [0.29, 0.717) is 164 Å². The first-order chi connectivity index (χ1) is 68.4. The van der Waals surface area contributed by atoms with Crippen molar-refractivity contribution < 1.29 is 171 Å². The number of aliphatic hydroxyl groups is 4. The summed E-state index contributed by atoms with van der Waals surface area (Å²) in [6, 6.07) is 18.9. The molecule has 8 saturated carbocycles. The number of nitrogens with zero attached hydrogens (tertiary/aromatic N) is 5. The van der Waals surface area contributed by atoms with Gasteiger partial charge in [0.25, 0.3) is 29.5 Å². The molecule has 10 aliphatic heterocycles. The van der Waals surface area contributed by atoms with E-state index < -0.39 is 104 Å². The predicted molar refractivity (Wildman–Crippen MR) is 532 cm³/mol. The molecule has 5 amide bonds. The molecule has 32 heteroatoms. The average molecular weight is 2150 g/mol. The summed E-state index contributed by atoms with van der Waals surface area (Å²) < 4.78 is 45.7. The van der Waals surface area contributed by atoms with Crippen LogP contribution >= 0.6 is 0 Å². The first-order valence-electron chi connectivity index (χ1n) is 52.5.